The summed E-state index contributed by atoms with van der Waals surface area (Å²) in [4.78, 5) is 11.3. The summed E-state index contributed by atoms with van der Waals surface area (Å²) in [6.45, 7) is 0.369. The van der Waals surface area contributed by atoms with Crippen LogP contribution < -0.4 is 5.32 Å². The number of anilines is 1. The molecular formula is C13H13ClFN3O2. The number of carbonyl (C=O) groups excluding carboxylic acids is 1. The molecule has 5 nitrogen and oxygen atoms in total. The Labute approximate surface area is 120 Å². The van der Waals surface area contributed by atoms with Gasteiger partial charge in [-0.3, -0.25) is 9.48 Å². The van der Waals surface area contributed by atoms with Gasteiger partial charge in [-0.05, 0) is 17.7 Å². The van der Waals surface area contributed by atoms with Crippen LogP contribution in [0, 0.1) is 5.82 Å². The highest BCUT2D eigenvalue weighted by atomic mass is 35.5. The van der Waals surface area contributed by atoms with Crippen LogP contribution >= 0.6 is 11.6 Å². The van der Waals surface area contributed by atoms with E-state index in [0.717, 1.165) is 5.56 Å². The zero-order valence-electron chi connectivity index (χ0n) is 10.8. The van der Waals surface area contributed by atoms with Crippen molar-refractivity contribution in [2.45, 2.75) is 6.54 Å². The molecule has 1 aromatic heterocycles. The zero-order chi connectivity index (χ0) is 14.5. The number of rotatable bonds is 5. The van der Waals surface area contributed by atoms with Crippen molar-refractivity contribution >= 4 is 23.2 Å². The second-order valence-electron chi connectivity index (χ2n) is 4.14. The van der Waals surface area contributed by atoms with E-state index in [2.05, 4.69) is 10.4 Å². The van der Waals surface area contributed by atoms with Crippen molar-refractivity contribution in [1.29, 1.82) is 0 Å². The lowest BCUT2D eigenvalue weighted by Gasteiger charge is -2.04. The third kappa shape index (κ3) is 3.79. The predicted octanol–water partition coefficient (Wildman–Crippen LogP) is 2.31. The number of halogens is 2. The minimum atomic E-state index is -0.383. The maximum absolute atomic E-state index is 12.9. The Morgan fingerprint density at radius 2 is 2.35 bits per heavy atom. The summed E-state index contributed by atoms with van der Waals surface area (Å²) >= 11 is 5.94. The quantitative estimate of drug-likeness (QED) is 0.921. The average Bonchev–Trinajstić information content (AvgIpc) is 2.80. The molecule has 0 radical (unpaired) electrons. The molecule has 0 aliphatic rings. The second kappa shape index (κ2) is 6.49. The first-order valence-electron chi connectivity index (χ1n) is 5.83. The summed E-state index contributed by atoms with van der Waals surface area (Å²) in [5.41, 5.74) is 1.30. The van der Waals surface area contributed by atoms with E-state index in [0.29, 0.717) is 17.3 Å². The minimum absolute atomic E-state index is 0.0189. The Morgan fingerprint density at radius 3 is 3.05 bits per heavy atom. The molecule has 0 spiro atoms. The number of ether oxygens (including phenoxy) is 1. The van der Waals surface area contributed by atoms with Crippen LogP contribution in [-0.2, 0) is 16.1 Å². The number of aromatic nitrogens is 2. The zero-order valence-corrected chi connectivity index (χ0v) is 11.5. The average molecular weight is 298 g/mol. The number of nitrogens with zero attached hydrogens (tertiary/aromatic N) is 2. The SMILES string of the molecule is COCC(=O)Nc1cnn(Cc2ccc(F)cc2Cl)c1. The van der Waals surface area contributed by atoms with Crippen LogP contribution in [0.4, 0.5) is 10.1 Å². The van der Waals surface area contributed by atoms with Crippen LogP contribution in [0.15, 0.2) is 30.6 Å². The molecule has 0 aliphatic carbocycles. The number of nitrogens with one attached hydrogen (secondary N) is 1. The van der Waals surface area contributed by atoms with E-state index >= 15 is 0 Å². The van der Waals surface area contributed by atoms with Gasteiger partial charge in [0.05, 0.1) is 18.4 Å². The van der Waals surface area contributed by atoms with Crippen molar-refractivity contribution in [2.75, 3.05) is 19.0 Å². The molecule has 0 saturated carbocycles. The molecule has 20 heavy (non-hydrogen) atoms. The fourth-order valence-corrected chi connectivity index (χ4v) is 1.89. The van der Waals surface area contributed by atoms with E-state index in [1.807, 2.05) is 0 Å². The summed E-state index contributed by atoms with van der Waals surface area (Å²) in [5.74, 6) is -0.640. The summed E-state index contributed by atoms with van der Waals surface area (Å²) in [5, 5.41) is 7.07. The molecule has 0 atom stereocenters. The molecular weight excluding hydrogens is 285 g/mol. The lowest BCUT2D eigenvalue weighted by atomic mass is 10.2. The summed E-state index contributed by atoms with van der Waals surface area (Å²) in [6.07, 6.45) is 3.18. The Hall–Kier alpha value is -1.92. The standard InChI is InChI=1S/C13H13ClFN3O2/c1-20-8-13(19)17-11-5-16-18(7-11)6-9-2-3-10(15)4-12(9)14/h2-5,7H,6,8H2,1H3,(H,17,19). The maximum Gasteiger partial charge on any atom is 0.250 e. The number of hydrogen-bond donors (Lipinski definition) is 1. The van der Waals surface area contributed by atoms with Crippen LogP contribution in [0.2, 0.25) is 5.02 Å². The molecule has 7 heteroatoms. The molecule has 1 heterocycles. The molecule has 106 valence electrons. The minimum Gasteiger partial charge on any atom is -0.375 e. The monoisotopic (exact) mass is 297 g/mol. The van der Waals surface area contributed by atoms with E-state index in [1.54, 1.807) is 16.9 Å². The highest BCUT2D eigenvalue weighted by molar-refractivity contribution is 6.31. The topological polar surface area (TPSA) is 56.1 Å². The number of carbonyl (C=O) groups is 1. The van der Waals surface area contributed by atoms with Crippen LogP contribution in [0.5, 0.6) is 0 Å². The first-order valence-corrected chi connectivity index (χ1v) is 6.21. The number of benzene rings is 1. The van der Waals surface area contributed by atoms with Crippen molar-refractivity contribution in [3.05, 3.63) is 47.0 Å². The number of amides is 1. The van der Waals surface area contributed by atoms with Crippen molar-refractivity contribution in [1.82, 2.24) is 9.78 Å². The smallest absolute Gasteiger partial charge is 0.250 e. The molecule has 2 rings (SSSR count). The molecule has 0 bridgehead atoms. The largest absolute Gasteiger partial charge is 0.375 e. The molecule has 1 amide bonds. The molecule has 0 saturated heterocycles. The van der Waals surface area contributed by atoms with Crippen LogP contribution in [0.1, 0.15) is 5.56 Å². The second-order valence-corrected chi connectivity index (χ2v) is 4.55. The Kier molecular flexibility index (Phi) is 4.70. The van der Waals surface area contributed by atoms with Crippen molar-refractivity contribution in [3.8, 4) is 0 Å². The van der Waals surface area contributed by atoms with Gasteiger partial charge in [0, 0.05) is 18.3 Å². The van der Waals surface area contributed by atoms with Gasteiger partial charge in [0.15, 0.2) is 0 Å². The summed E-state index contributed by atoms with van der Waals surface area (Å²) in [7, 11) is 1.44. The van der Waals surface area contributed by atoms with Gasteiger partial charge in [0.1, 0.15) is 12.4 Å². The van der Waals surface area contributed by atoms with Gasteiger partial charge in [-0.25, -0.2) is 4.39 Å². The van der Waals surface area contributed by atoms with Crippen molar-refractivity contribution in [3.63, 3.8) is 0 Å². The molecule has 0 aliphatic heterocycles. The van der Waals surface area contributed by atoms with Crippen LogP contribution in [0.25, 0.3) is 0 Å². The van der Waals surface area contributed by atoms with Gasteiger partial charge in [-0.1, -0.05) is 17.7 Å². The van der Waals surface area contributed by atoms with Crippen molar-refractivity contribution in [2.24, 2.45) is 0 Å². The van der Waals surface area contributed by atoms with Gasteiger partial charge in [0.2, 0.25) is 5.91 Å². The van der Waals surface area contributed by atoms with Gasteiger partial charge in [-0.2, -0.15) is 5.10 Å². The number of hydrogen-bond acceptors (Lipinski definition) is 3. The molecule has 0 fully saturated rings. The lowest BCUT2D eigenvalue weighted by molar-refractivity contribution is -0.119. The first kappa shape index (κ1) is 14.5. The normalized spacial score (nSPS) is 10.6. The Balaban J connectivity index is 2.04. The molecule has 2 aromatic rings. The highest BCUT2D eigenvalue weighted by Gasteiger charge is 2.06. The highest BCUT2D eigenvalue weighted by Crippen LogP contribution is 2.18. The third-order valence-corrected chi connectivity index (χ3v) is 2.89. The predicted molar refractivity (Wildman–Crippen MR) is 73.2 cm³/mol. The number of methoxy groups -OCH3 is 1. The van der Waals surface area contributed by atoms with Gasteiger partial charge >= 0.3 is 0 Å². The van der Waals surface area contributed by atoms with Gasteiger partial charge in [0.25, 0.3) is 0 Å². The van der Waals surface area contributed by atoms with E-state index in [4.69, 9.17) is 16.3 Å². The van der Waals surface area contributed by atoms with E-state index in [9.17, 15) is 9.18 Å². The maximum atomic E-state index is 12.9. The Morgan fingerprint density at radius 1 is 1.55 bits per heavy atom. The third-order valence-electron chi connectivity index (χ3n) is 2.54. The van der Waals surface area contributed by atoms with E-state index in [1.165, 1.54) is 25.4 Å². The van der Waals surface area contributed by atoms with E-state index in [-0.39, 0.29) is 18.3 Å². The van der Waals surface area contributed by atoms with Crippen molar-refractivity contribution < 1.29 is 13.9 Å². The Bertz CT molecular complexity index is 615. The summed E-state index contributed by atoms with van der Waals surface area (Å²) in [6, 6.07) is 4.19. The van der Waals surface area contributed by atoms with E-state index < -0.39 is 0 Å². The molecule has 0 unspecified atom stereocenters. The van der Waals surface area contributed by atoms with Gasteiger partial charge < -0.3 is 10.1 Å². The van der Waals surface area contributed by atoms with Crippen LogP contribution in [0.3, 0.4) is 0 Å². The lowest BCUT2D eigenvalue weighted by Crippen LogP contribution is -2.16. The van der Waals surface area contributed by atoms with Gasteiger partial charge in [-0.15, -0.1) is 0 Å². The van der Waals surface area contributed by atoms with Crippen LogP contribution in [-0.4, -0.2) is 29.4 Å². The molecule has 1 aromatic carbocycles. The fourth-order valence-electron chi connectivity index (χ4n) is 1.67. The summed E-state index contributed by atoms with van der Waals surface area (Å²) < 4.78 is 19.3. The fraction of sp³-hybridized carbons (Fsp3) is 0.231. The first-order chi connectivity index (χ1) is 9.58. The molecule has 1 N–H and O–H groups in total.